The van der Waals surface area contributed by atoms with Gasteiger partial charge in [-0.05, 0) is 12.5 Å². The summed E-state index contributed by atoms with van der Waals surface area (Å²) in [5.41, 5.74) is 5.91. The molecule has 1 aromatic rings. The molecule has 2 nitrogen and oxygen atoms in total. The fourth-order valence-corrected chi connectivity index (χ4v) is 1.56. The van der Waals surface area contributed by atoms with Gasteiger partial charge in [-0.3, -0.25) is 0 Å². The first-order chi connectivity index (χ1) is 8.16. The molecule has 0 saturated heterocycles. The van der Waals surface area contributed by atoms with Crippen molar-refractivity contribution < 1.29 is 13.5 Å². The molecule has 0 spiro atoms. The highest BCUT2D eigenvalue weighted by atomic mass is 19.2. The average molecular weight is 243 g/mol. The van der Waals surface area contributed by atoms with Gasteiger partial charge in [0.15, 0.2) is 11.6 Å². The highest BCUT2D eigenvalue weighted by Gasteiger charge is 2.14. The number of unbranched alkanes of at least 4 members (excludes halogenated alkanes) is 2. The van der Waals surface area contributed by atoms with E-state index in [2.05, 4.69) is 6.92 Å². The van der Waals surface area contributed by atoms with Crippen LogP contribution >= 0.6 is 0 Å². The minimum atomic E-state index is -0.878. The lowest BCUT2D eigenvalue weighted by Gasteiger charge is -2.13. The van der Waals surface area contributed by atoms with Crippen LogP contribution in [0.25, 0.3) is 0 Å². The van der Waals surface area contributed by atoms with E-state index in [1.807, 2.05) is 0 Å². The molecule has 0 radical (unpaired) electrons. The van der Waals surface area contributed by atoms with Crippen LogP contribution < -0.4 is 5.73 Å². The summed E-state index contributed by atoms with van der Waals surface area (Å²) in [6, 6.07) is 3.39. The maximum Gasteiger partial charge on any atom is 0.163 e. The summed E-state index contributed by atoms with van der Waals surface area (Å²) >= 11 is 0. The van der Waals surface area contributed by atoms with Gasteiger partial charge in [-0.25, -0.2) is 8.78 Å². The van der Waals surface area contributed by atoms with E-state index in [1.165, 1.54) is 12.1 Å². The number of rotatable bonds is 7. The van der Waals surface area contributed by atoms with Crippen LogP contribution in [0.15, 0.2) is 18.2 Å². The van der Waals surface area contributed by atoms with Gasteiger partial charge in [-0.15, -0.1) is 0 Å². The topological polar surface area (TPSA) is 35.2 Å². The van der Waals surface area contributed by atoms with Crippen LogP contribution in [-0.4, -0.2) is 13.2 Å². The van der Waals surface area contributed by atoms with Crippen molar-refractivity contribution in [1.29, 1.82) is 0 Å². The summed E-state index contributed by atoms with van der Waals surface area (Å²) < 4.78 is 31.7. The zero-order valence-electron chi connectivity index (χ0n) is 10.1. The molecule has 1 rings (SSSR count). The molecule has 1 aromatic carbocycles. The zero-order valence-corrected chi connectivity index (χ0v) is 10.1. The van der Waals surface area contributed by atoms with Crippen LogP contribution in [0.4, 0.5) is 8.78 Å². The highest BCUT2D eigenvalue weighted by molar-refractivity contribution is 5.22. The first-order valence-electron chi connectivity index (χ1n) is 5.94. The monoisotopic (exact) mass is 243 g/mol. The van der Waals surface area contributed by atoms with E-state index >= 15 is 0 Å². The van der Waals surface area contributed by atoms with Crippen LogP contribution in [0.2, 0.25) is 0 Å². The Morgan fingerprint density at radius 1 is 1.29 bits per heavy atom. The lowest BCUT2D eigenvalue weighted by Crippen LogP contribution is -2.19. The van der Waals surface area contributed by atoms with Crippen LogP contribution in [-0.2, 0) is 4.74 Å². The molecule has 0 amide bonds. The second-order valence-electron chi connectivity index (χ2n) is 4.03. The molecule has 0 aliphatic rings. The average Bonchev–Trinajstić information content (AvgIpc) is 2.32. The molecule has 17 heavy (non-hydrogen) atoms. The van der Waals surface area contributed by atoms with Gasteiger partial charge >= 0.3 is 0 Å². The molecule has 1 atom stereocenters. The molecular weight excluding hydrogens is 224 g/mol. The standard InChI is InChI=1S/C13H19F2NO/c1-2-3-4-8-17-9-12(16)10-6-5-7-11(14)13(10)15/h5-7,12H,2-4,8-9,16H2,1H3. The smallest absolute Gasteiger partial charge is 0.163 e. The van der Waals surface area contributed by atoms with E-state index in [0.717, 1.165) is 25.3 Å². The molecule has 0 aliphatic carbocycles. The Kier molecular flexibility index (Phi) is 6.08. The number of nitrogens with two attached hydrogens (primary N) is 1. The molecule has 1 unspecified atom stereocenters. The Labute approximate surface area is 101 Å². The number of ether oxygens (including phenoxy) is 1. The summed E-state index contributed by atoms with van der Waals surface area (Å²) in [6.07, 6.45) is 3.19. The first-order valence-corrected chi connectivity index (χ1v) is 5.94. The Balaban J connectivity index is 2.41. The van der Waals surface area contributed by atoms with Crippen molar-refractivity contribution in [3.05, 3.63) is 35.4 Å². The Bertz CT molecular complexity index is 344. The Morgan fingerprint density at radius 3 is 2.76 bits per heavy atom. The van der Waals surface area contributed by atoms with Gasteiger partial charge in [0.05, 0.1) is 12.6 Å². The van der Waals surface area contributed by atoms with Crippen molar-refractivity contribution in [2.75, 3.05) is 13.2 Å². The van der Waals surface area contributed by atoms with Crippen LogP contribution in [0.1, 0.15) is 37.8 Å². The van der Waals surface area contributed by atoms with Crippen molar-refractivity contribution in [1.82, 2.24) is 0 Å². The van der Waals surface area contributed by atoms with E-state index in [-0.39, 0.29) is 12.2 Å². The normalized spacial score (nSPS) is 12.7. The third kappa shape index (κ3) is 4.40. The molecule has 0 saturated carbocycles. The molecule has 4 heteroatoms. The van der Waals surface area contributed by atoms with Crippen molar-refractivity contribution in [3.8, 4) is 0 Å². The maximum atomic E-state index is 13.4. The number of hydrogen-bond donors (Lipinski definition) is 1. The molecule has 2 N–H and O–H groups in total. The summed E-state index contributed by atoms with van der Waals surface area (Å²) in [5.74, 6) is -1.75. The van der Waals surface area contributed by atoms with Crippen molar-refractivity contribution >= 4 is 0 Å². The molecule has 0 fully saturated rings. The number of benzene rings is 1. The van der Waals surface area contributed by atoms with Gasteiger partial charge < -0.3 is 10.5 Å². The van der Waals surface area contributed by atoms with E-state index < -0.39 is 17.7 Å². The first kappa shape index (κ1) is 14.1. The molecule has 96 valence electrons. The number of hydrogen-bond acceptors (Lipinski definition) is 2. The maximum absolute atomic E-state index is 13.4. The Morgan fingerprint density at radius 2 is 2.06 bits per heavy atom. The van der Waals surface area contributed by atoms with E-state index in [9.17, 15) is 8.78 Å². The second kappa shape index (κ2) is 7.35. The molecular formula is C13H19F2NO. The van der Waals surface area contributed by atoms with E-state index in [4.69, 9.17) is 10.5 Å². The molecule has 0 heterocycles. The predicted octanol–water partition coefficient (Wildman–Crippen LogP) is 3.17. The van der Waals surface area contributed by atoms with Gasteiger partial charge in [-0.2, -0.15) is 0 Å². The van der Waals surface area contributed by atoms with Gasteiger partial charge in [0.25, 0.3) is 0 Å². The summed E-state index contributed by atoms with van der Waals surface area (Å²) in [5, 5.41) is 0. The van der Waals surface area contributed by atoms with Crippen molar-refractivity contribution in [3.63, 3.8) is 0 Å². The van der Waals surface area contributed by atoms with Crippen LogP contribution in [0, 0.1) is 11.6 Å². The molecule has 0 aromatic heterocycles. The van der Waals surface area contributed by atoms with E-state index in [0.29, 0.717) is 6.61 Å². The van der Waals surface area contributed by atoms with Crippen LogP contribution in [0.5, 0.6) is 0 Å². The van der Waals surface area contributed by atoms with Crippen molar-refractivity contribution in [2.45, 2.75) is 32.2 Å². The summed E-state index contributed by atoms with van der Waals surface area (Å²) in [4.78, 5) is 0. The van der Waals surface area contributed by atoms with Crippen LogP contribution in [0.3, 0.4) is 0 Å². The zero-order chi connectivity index (χ0) is 12.7. The number of halogens is 2. The highest BCUT2D eigenvalue weighted by Crippen LogP contribution is 2.17. The quantitative estimate of drug-likeness (QED) is 0.746. The molecule has 0 aliphatic heterocycles. The van der Waals surface area contributed by atoms with Gasteiger partial charge in [0, 0.05) is 12.2 Å². The van der Waals surface area contributed by atoms with E-state index in [1.54, 1.807) is 0 Å². The minimum absolute atomic E-state index is 0.167. The largest absolute Gasteiger partial charge is 0.379 e. The van der Waals surface area contributed by atoms with Crippen molar-refractivity contribution in [2.24, 2.45) is 5.73 Å². The fraction of sp³-hybridized carbons (Fsp3) is 0.538. The lowest BCUT2D eigenvalue weighted by atomic mass is 10.1. The molecule has 0 bridgehead atoms. The SMILES string of the molecule is CCCCCOCC(N)c1cccc(F)c1F. The van der Waals surface area contributed by atoms with Gasteiger partial charge in [-0.1, -0.05) is 31.9 Å². The third-order valence-electron chi connectivity index (χ3n) is 2.57. The fourth-order valence-electron chi connectivity index (χ4n) is 1.56. The minimum Gasteiger partial charge on any atom is -0.379 e. The summed E-state index contributed by atoms with van der Waals surface area (Å²) in [7, 11) is 0. The lowest BCUT2D eigenvalue weighted by molar-refractivity contribution is 0.116. The second-order valence-corrected chi connectivity index (χ2v) is 4.03. The third-order valence-corrected chi connectivity index (χ3v) is 2.57. The van der Waals surface area contributed by atoms with Gasteiger partial charge in [0.1, 0.15) is 0 Å². The van der Waals surface area contributed by atoms with Gasteiger partial charge in [0.2, 0.25) is 0 Å². The summed E-state index contributed by atoms with van der Waals surface area (Å²) in [6.45, 7) is 2.93. The Hall–Kier alpha value is -1.00. The predicted molar refractivity (Wildman–Crippen MR) is 63.6 cm³/mol.